The first-order valence-electron chi connectivity index (χ1n) is 5.20. The second-order valence-corrected chi connectivity index (χ2v) is 4.71. The number of hydrogen-bond acceptors (Lipinski definition) is 1. The third-order valence-electron chi connectivity index (χ3n) is 2.99. The Kier molecular flexibility index (Phi) is 2.69. The SMILES string of the molecule is CC(C)C1CCN1c1ccc(Cl)cc1. The van der Waals surface area contributed by atoms with E-state index in [9.17, 15) is 0 Å². The fourth-order valence-electron chi connectivity index (χ4n) is 2.05. The lowest BCUT2D eigenvalue weighted by Gasteiger charge is -2.45. The van der Waals surface area contributed by atoms with Gasteiger partial charge in [-0.3, -0.25) is 0 Å². The van der Waals surface area contributed by atoms with Crippen molar-refractivity contribution in [3.8, 4) is 0 Å². The number of rotatable bonds is 2. The van der Waals surface area contributed by atoms with Crippen molar-refractivity contribution in [2.75, 3.05) is 11.4 Å². The Morgan fingerprint density at radius 3 is 2.36 bits per heavy atom. The van der Waals surface area contributed by atoms with Crippen LogP contribution in [0.5, 0.6) is 0 Å². The minimum absolute atomic E-state index is 0.719. The lowest BCUT2D eigenvalue weighted by molar-refractivity contribution is 0.352. The summed E-state index contributed by atoms with van der Waals surface area (Å²) in [6, 6.07) is 8.86. The van der Waals surface area contributed by atoms with Gasteiger partial charge in [-0.25, -0.2) is 0 Å². The molecule has 0 radical (unpaired) electrons. The minimum Gasteiger partial charge on any atom is -0.368 e. The van der Waals surface area contributed by atoms with Gasteiger partial charge in [-0.2, -0.15) is 0 Å². The standard InChI is InChI=1S/C12H16ClN/c1-9(2)12-7-8-14(12)11-5-3-10(13)4-6-11/h3-6,9,12H,7-8H2,1-2H3. The van der Waals surface area contributed by atoms with Crippen LogP contribution in [0.15, 0.2) is 24.3 Å². The maximum absolute atomic E-state index is 5.86. The highest BCUT2D eigenvalue weighted by atomic mass is 35.5. The number of nitrogens with zero attached hydrogens (tertiary/aromatic N) is 1. The van der Waals surface area contributed by atoms with E-state index < -0.39 is 0 Å². The summed E-state index contributed by atoms with van der Waals surface area (Å²) in [4.78, 5) is 2.46. The smallest absolute Gasteiger partial charge is 0.0407 e. The van der Waals surface area contributed by atoms with Crippen molar-refractivity contribution in [2.45, 2.75) is 26.3 Å². The van der Waals surface area contributed by atoms with Gasteiger partial charge in [-0.05, 0) is 36.6 Å². The van der Waals surface area contributed by atoms with E-state index in [2.05, 4.69) is 30.9 Å². The molecule has 14 heavy (non-hydrogen) atoms. The molecule has 0 saturated carbocycles. The second-order valence-electron chi connectivity index (χ2n) is 4.27. The normalized spacial score (nSPS) is 21.1. The summed E-state index contributed by atoms with van der Waals surface area (Å²) in [5.41, 5.74) is 1.30. The van der Waals surface area contributed by atoms with Crippen molar-refractivity contribution in [3.63, 3.8) is 0 Å². The molecule has 1 fully saturated rings. The van der Waals surface area contributed by atoms with Crippen LogP contribution in [0.3, 0.4) is 0 Å². The van der Waals surface area contributed by atoms with Crippen molar-refractivity contribution in [1.29, 1.82) is 0 Å². The maximum atomic E-state index is 5.86. The van der Waals surface area contributed by atoms with Gasteiger partial charge in [0, 0.05) is 23.3 Å². The molecular formula is C12H16ClN. The van der Waals surface area contributed by atoms with E-state index in [-0.39, 0.29) is 0 Å². The van der Waals surface area contributed by atoms with Crippen molar-refractivity contribution < 1.29 is 0 Å². The van der Waals surface area contributed by atoms with Gasteiger partial charge in [0.25, 0.3) is 0 Å². The summed E-state index contributed by atoms with van der Waals surface area (Å²) in [7, 11) is 0. The highest BCUT2D eigenvalue weighted by molar-refractivity contribution is 6.30. The molecule has 2 rings (SSSR count). The van der Waals surface area contributed by atoms with Crippen LogP contribution >= 0.6 is 11.6 Å². The van der Waals surface area contributed by atoms with Crippen LogP contribution in [0, 0.1) is 5.92 Å². The Labute approximate surface area is 90.7 Å². The molecule has 1 heterocycles. The fourth-order valence-corrected chi connectivity index (χ4v) is 2.18. The van der Waals surface area contributed by atoms with Crippen molar-refractivity contribution >= 4 is 17.3 Å². The Morgan fingerprint density at radius 1 is 1.29 bits per heavy atom. The molecule has 0 bridgehead atoms. The first-order chi connectivity index (χ1) is 6.68. The molecule has 0 aromatic heterocycles. The van der Waals surface area contributed by atoms with Crippen molar-refractivity contribution in [1.82, 2.24) is 0 Å². The zero-order valence-corrected chi connectivity index (χ0v) is 9.46. The highest BCUT2D eigenvalue weighted by Crippen LogP contribution is 2.31. The van der Waals surface area contributed by atoms with Gasteiger partial charge in [0.1, 0.15) is 0 Å². The van der Waals surface area contributed by atoms with Crippen molar-refractivity contribution in [3.05, 3.63) is 29.3 Å². The first kappa shape index (κ1) is 9.85. The number of benzene rings is 1. The molecule has 1 atom stereocenters. The van der Waals surface area contributed by atoms with Crippen LogP contribution in [0.25, 0.3) is 0 Å². The molecule has 0 amide bonds. The molecule has 1 aliphatic rings. The molecule has 1 aromatic rings. The maximum Gasteiger partial charge on any atom is 0.0407 e. The molecule has 0 spiro atoms. The summed E-state index contributed by atoms with van der Waals surface area (Å²) in [6.45, 7) is 5.75. The van der Waals surface area contributed by atoms with Gasteiger partial charge in [0.15, 0.2) is 0 Å². The van der Waals surface area contributed by atoms with Gasteiger partial charge in [-0.15, -0.1) is 0 Å². The van der Waals surface area contributed by atoms with Crippen LogP contribution in [0.1, 0.15) is 20.3 Å². The van der Waals surface area contributed by atoms with Crippen LogP contribution in [0.4, 0.5) is 5.69 Å². The summed E-state index contributed by atoms with van der Waals surface area (Å²) in [5, 5.41) is 0.815. The monoisotopic (exact) mass is 209 g/mol. The molecule has 1 unspecified atom stereocenters. The quantitative estimate of drug-likeness (QED) is 0.720. The highest BCUT2D eigenvalue weighted by Gasteiger charge is 2.30. The summed E-state index contributed by atoms with van der Waals surface area (Å²) >= 11 is 5.86. The van der Waals surface area contributed by atoms with E-state index in [1.165, 1.54) is 18.7 Å². The lowest BCUT2D eigenvalue weighted by atomic mass is 9.91. The molecule has 1 nitrogen and oxygen atoms in total. The van der Waals surface area contributed by atoms with E-state index in [0.717, 1.165) is 17.0 Å². The predicted molar refractivity (Wildman–Crippen MR) is 62.0 cm³/mol. The van der Waals surface area contributed by atoms with E-state index >= 15 is 0 Å². The fraction of sp³-hybridized carbons (Fsp3) is 0.500. The summed E-state index contributed by atoms with van der Waals surface area (Å²) < 4.78 is 0. The minimum atomic E-state index is 0.719. The Bertz CT molecular complexity index is 305. The zero-order valence-electron chi connectivity index (χ0n) is 8.70. The van der Waals surface area contributed by atoms with Gasteiger partial charge >= 0.3 is 0 Å². The topological polar surface area (TPSA) is 3.24 Å². The summed E-state index contributed by atoms with van der Waals surface area (Å²) in [6.07, 6.45) is 1.32. The van der Waals surface area contributed by atoms with Gasteiger partial charge in [-0.1, -0.05) is 25.4 Å². The van der Waals surface area contributed by atoms with Crippen LogP contribution in [-0.2, 0) is 0 Å². The van der Waals surface area contributed by atoms with Gasteiger partial charge in [0.05, 0.1) is 0 Å². The average Bonchev–Trinajstić information content (AvgIpc) is 2.05. The van der Waals surface area contributed by atoms with E-state index in [4.69, 9.17) is 11.6 Å². The molecule has 1 saturated heterocycles. The third-order valence-corrected chi connectivity index (χ3v) is 3.25. The van der Waals surface area contributed by atoms with E-state index in [0.29, 0.717) is 0 Å². The average molecular weight is 210 g/mol. The molecule has 76 valence electrons. The molecule has 0 aliphatic carbocycles. The van der Waals surface area contributed by atoms with Crippen LogP contribution < -0.4 is 4.90 Å². The van der Waals surface area contributed by atoms with Gasteiger partial charge < -0.3 is 4.90 Å². The molecule has 1 aromatic carbocycles. The van der Waals surface area contributed by atoms with E-state index in [1.54, 1.807) is 0 Å². The predicted octanol–water partition coefficient (Wildman–Crippen LogP) is 3.57. The van der Waals surface area contributed by atoms with E-state index in [1.807, 2.05) is 12.1 Å². The second kappa shape index (κ2) is 3.82. The van der Waals surface area contributed by atoms with Crippen LogP contribution in [-0.4, -0.2) is 12.6 Å². The Morgan fingerprint density at radius 2 is 1.93 bits per heavy atom. The first-order valence-corrected chi connectivity index (χ1v) is 5.58. The summed E-state index contributed by atoms with van der Waals surface area (Å²) in [5.74, 6) is 0.736. The molecular weight excluding hydrogens is 194 g/mol. The number of anilines is 1. The zero-order chi connectivity index (χ0) is 10.1. The molecule has 2 heteroatoms. The van der Waals surface area contributed by atoms with Gasteiger partial charge in [0.2, 0.25) is 0 Å². The number of hydrogen-bond donors (Lipinski definition) is 0. The largest absolute Gasteiger partial charge is 0.368 e. The molecule has 0 N–H and O–H groups in total. The Hall–Kier alpha value is -0.690. The Balaban J connectivity index is 2.12. The number of halogens is 1. The van der Waals surface area contributed by atoms with Crippen LogP contribution in [0.2, 0.25) is 5.02 Å². The van der Waals surface area contributed by atoms with Crippen molar-refractivity contribution in [2.24, 2.45) is 5.92 Å². The molecule has 1 aliphatic heterocycles. The third kappa shape index (κ3) is 1.74. The lowest BCUT2D eigenvalue weighted by Crippen LogP contribution is -2.50.